The van der Waals surface area contributed by atoms with Crippen LogP contribution in [-0.4, -0.2) is 45.0 Å². The predicted octanol–water partition coefficient (Wildman–Crippen LogP) is 2.20. The number of pyridine rings is 2. The molecule has 1 saturated heterocycles. The van der Waals surface area contributed by atoms with Gasteiger partial charge in [0.15, 0.2) is 0 Å². The van der Waals surface area contributed by atoms with E-state index < -0.39 is 0 Å². The van der Waals surface area contributed by atoms with E-state index in [1.807, 2.05) is 32.0 Å². The maximum Gasteiger partial charge on any atom is 0.217 e. The number of anilines is 3. The van der Waals surface area contributed by atoms with Crippen LogP contribution in [0.5, 0.6) is 0 Å². The number of nitrogens with one attached hydrogen (secondary N) is 2. The summed E-state index contributed by atoms with van der Waals surface area (Å²) in [6, 6.07) is 7.65. The second kappa shape index (κ2) is 8.10. The summed E-state index contributed by atoms with van der Waals surface area (Å²) >= 11 is 0. The van der Waals surface area contributed by atoms with E-state index in [-0.39, 0.29) is 18.0 Å². The van der Waals surface area contributed by atoms with Gasteiger partial charge in [0.25, 0.3) is 0 Å². The minimum absolute atomic E-state index is 0.00664. The van der Waals surface area contributed by atoms with E-state index in [9.17, 15) is 4.79 Å². The molecule has 4 rings (SSSR count). The molecule has 0 aromatic carbocycles. The third-order valence-electron chi connectivity index (χ3n) is 5.19. The van der Waals surface area contributed by atoms with Crippen LogP contribution in [0, 0.1) is 6.92 Å². The number of nitrogens with zero attached hydrogens (tertiary/aromatic N) is 5. The molecule has 156 valence electrons. The summed E-state index contributed by atoms with van der Waals surface area (Å²) in [5.74, 6) is 2.72. The molecule has 0 radical (unpaired) electrons. The van der Waals surface area contributed by atoms with E-state index in [4.69, 9.17) is 5.73 Å². The molecule has 0 aliphatic carbocycles. The first-order valence-electron chi connectivity index (χ1n) is 10.0. The summed E-state index contributed by atoms with van der Waals surface area (Å²) in [5.41, 5.74) is 7.45. The summed E-state index contributed by atoms with van der Waals surface area (Å²) in [7, 11) is 0. The molecule has 1 amide bonds. The fraction of sp³-hybridized carbons (Fsp3) is 0.381. The zero-order valence-corrected chi connectivity index (χ0v) is 17.4. The van der Waals surface area contributed by atoms with Gasteiger partial charge in [-0.15, -0.1) is 0 Å². The average molecular weight is 406 g/mol. The number of nitrogens with two attached hydrogens (primary N) is 1. The maximum atomic E-state index is 11.4. The molecule has 1 aliphatic rings. The van der Waals surface area contributed by atoms with Gasteiger partial charge in [0, 0.05) is 31.4 Å². The Hall–Kier alpha value is -3.49. The molecule has 0 spiro atoms. The van der Waals surface area contributed by atoms with E-state index in [1.165, 1.54) is 0 Å². The van der Waals surface area contributed by atoms with E-state index in [0.29, 0.717) is 11.6 Å². The van der Waals surface area contributed by atoms with Gasteiger partial charge in [0.05, 0.1) is 23.4 Å². The summed E-state index contributed by atoms with van der Waals surface area (Å²) in [5, 5.41) is 7.33. The van der Waals surface area contributed by atoms with Crippen LogP contribution in [0.25, 0.3) is 10.9 Å². The summed E-state index contributed by atoms with van der Waals surface area (Å²) in [6.45, 7) is 7.00. The van der Waals surface area contributed by atoms with Crippen molar-refractivity contribution in [1.82, 2.24) is 25.3 Å². The van der Waals surface area contributed by atoms with E-state index in [0.717, 1.165) is 47.7 Å². The van der Waals surface area contributed by atoms with Crippen LogP contribution >= 0.6 is 0 Å². The molecule has 4 heterocycles. The predicted molar refractivity (Wildman–Crippen MR) is 117 cm³/mol. The topological polar surface area (TPSA) is 122 Å². The lowest BCUT2D eigenvalue weighted by molar-refractivity contribution is -0.119. The molecule has 0 unspecified atom stereocenters. The maximum absolute atomic E-state index is 11.4. The van der Waals surface area contributed by atoms with E-state index >= 15 is 0 Å². The van der Waals surface area contributed by atoms with Crippen molar-refractivity contribution in [3.8, 4) is 0 Å². The Labute approximate surface area is 175 Å². The van der Waals surface area contributed by atoms with Crippen LogP contribution in [0.2, 0.25) is 0 Å². The Balaban J connectivity index is 1.63. The standard InChI is InChI=1S/C21H26N8O/c1-12(17-5-4-6-19(22)28-17)24-21-16-9-20(23-10-18(16)25-13(2)26-21)29-8-7-15(11-29)27-14(3)30/h4-6,9-10,12,15H,7-8,11H2,1-3H3,(H2,22,28)(H,27,30)(H,24,25,26)/t12-,15-/m1/s1. The third kappa shape index (κ3) is 4.24. The van der Waals surface area contributed by atoms with Crippen LogP contribution in [-0.2, 0) is 4.79 Å². The highest BCUT2D eigenvalue weighted by atomic mass is 16.1. The largest absolute Gasteiger partial charge is 0.384 e. The van der Waals surface area contributed by atoms with Crippen molar-refractivity contribution in [2.45, 2.75) is 39.3 Å². The fourth-order valence-corrected chi connectivity index (χ4v) is 3.78. The van der Waals surface area contributed by atoms with Crippen molar-refractivity contribution in [3.05, 3.63) is 42.0 Å². The van der Waals surface area contributed by atoms with Crippen molar-refractivity contribution in [2.75, 3.05) is 29.0 Å². The zero-order chi connectivity index (χ0) is 21.3. The van der Waals surface area contributed by atoms with Gasteiger partial charge < -0.3 is 21.3 Å². The Morgan fingerprint density at radius 3 is 2.90 bits per heavy atom. The first kappa shape index (κ1) is 19.8. The Morgan fingerprint density at radius 2 is 2.13 bits per heavy atom. The highest BCUT2D eigenvalue weighted by Crippen LogP contribution is 2.28. The normalized spacial score (nSPS) is 17.2. The molecular weight excluding hydrogens is 380 g/mol. The highest BCUT2D eigenvalue weighted by Gasteiger charge is 2.24. The van der Waals surface area contributed by atoms with E-state index in [1.54, 1.807) is 19.2 Å². The monoisotopic (exact) mass is 406 g/mol. The second-order valence-electron chi connectivity index (χ2n) is 7.66. The first-order chi connectivity index (χ1) is 14.4. The molecule has 3 aromatic rings. The van der Waals surface area contributed by atoms with Crippen molar-refractivity contribution in [3.63, 3.8) is 0 Å². The number of amides is 1. The van der Waals surface area contributed by atoms with Gasteiger partial charge in [-0.25, -0.2) is 19.9 Å². The summed E-state index contributed by atoms with van der Waals surface area (Å²) in [4.78, 5) is 31.7. The Bertz CT molecular complexity index is 1090. The molecular formula is C21H26N8O. The quantitative estimate of drug-likeness (QED) is 0.589. The average Bonchev–Trinajstić information content (AvgIpc) is 3.15. The van der Waals surface area contributed by atoms with Crippen LogP contribution in [0.1, 0.15) is 37.8 Å². The Morgan fingerprint density at radius 1 is 1.30 bits per heavy atom. The smallest absolute Gasteiger partial charge is 0.217 e. The lowest BCUT2D eigenvalue weighted by Crippen LogP contribution is -2.35. The van der Waals surface area contributed by atoms with Gasteiger partial charge >= 0.3 is 0 Å². The number of rotatable bonds is 5. The van der Waals surface area contributed by atoms with Crippen molar-refractivity contribution in [1.29, 1.82) is 0 Å². The fourth-order valence-electron chi connectivity index (χ4n) is 3.78. The third-order valence-corrected chi connectivity index (χ3v) is 5.19. The number of carbonyl (C=O) groups excluding carboxylic acids is 1. The molecule has 2 atom stereocenters. The number of aryl methyl sites for hydroxylation is 1. The first-order valence-corrected chi connectivity index (χ1v) is 10.0. The zero-order valence-electron chi connectivity index (χ0n) is 17.4. The molecule has 9 heteroatoms. The molecule has 1 aliphatic heterocycles. The van der Waals surface area contributed by atoms with Crippen molar-refractivity contribution in [2.24, 2.45) is 0 Å². The number of nitrogen functional groups attached to an aromatic ring is 1. The summed E-state index contributed by atoms with van der Waals surface area (Å²) in [6.07, 6.45) is 2.67. The lowest BCUT2D eigenvalue weighted by Gasteiger charge is -2.20. The van der Waals surface area contributed by atoms with Crippen LogP contribution in [0.3, 0.4) is 0 Å². The molecule has 9 nitrogen and oxygen atoms in total. The van der Waals surface area contributed by atoms with Gasteiger partial charge in [-0.1, -0.05) is 6.07 Å². The number of aromatic nitrogens is 4. The molecule has 4 N–H and O–H groups in total. The highest BCUT2D eigenvalue weighted by molar-refractivity contribution is 5.90. The summed E-state index contributed by atoms with van der Waals surface area (Å²) < 4.78 is 0. The molecule has 1 fully saturated rings. The minimum Gasteiger partial charge on any atom is -0.384 e. The molecule has 0 saturated carbocycles. The molecule has 30 heavy (non-hydrogen) atoms. The lowest BCUT2D eigenvalue weighted by atomic mass is 10.2. The SMILES string of the molecule is CC(=O)N[C@@H]1CCN(c2cc3c(N[C@H](C)c4cccc(N)n4)nc(C)nc3cn2)C1. The van der Waals surface area contributed by atoms with Gasteiger partial charge in [0.2, 0.25) is 5.91 Å². The van der Waals surface area contributed by atoms with Gasteiger partial charge in [-0.2, -0.15) is 0 Å². The van der Waals surface area contributed by atoms with Crippen LogP contribution in [0.4, 0.5) is 17.5 Å². The van der Waals surface area contributed by atoms with Crippen molar-refractivity contribution >= 4 is 34.3 Å². The van der Waals surface area contributed by atoms with Gasteiger partial charge in [-0.3, -0.25) is 4.79 Å². The number of fused-ring (bicyclic) bond motifs is 1. The second-order valence-corrected chi connectivity index (χ2v) is 7.66. The van der Waals surface area contributed by atoms with E-state index in [2.05, 4.69) is 35.5 Å². The molecule has 0 bridgehead atoms. The van der Waals surface area contributed by atoms with Crippen molar-refractivity contribution < 1.29 is 4.79 Å². The van der Waals surface area contributed by atoms with Gasteiger partial charge in [0.1, 0.15) is 23.3 Å². The van der Waals surface area contributed by atoms with Gasteiger partial charge in [-0.05, 0) is 38.5 Å². The number of carbonyl (C=O) groups is 1. The van der Waals surface area contributed by atoms with Crippen LogP contribution < -0.4 is 21.3 Å². The molecule has 3 aromatic heterocycles. The van der Waals surface area contributed by atoms with Crippen LogP contribution in [0.15, 0.2) is 30.5 Å². The Kier molecular flexibility index (Phi) is 5.35. The minimum atomic E-state index is -0.0847. The number of hydrogen-bond acceptors (Lipinski definition) is 8. The number of hydrogen-bond donors (Lipinski definition) is 3.